The van der Waals surface area contributed by atoms with Gasteiger partial charge < -0.3 is 38.7 Å². The highest BCUT2D eigenvalue weighted by Crippen LogP contribution is 2.62. The second-order valence-corrected chi connectivity index (χ2v) is 6.88. The third kappa shape index (κ3) is 3.64. The van der Waals surface area contributed by atoms with Crippen molar-refractivity contribution in [3.63, 3.8) is 0 Å². The van der Waals surface area contributed by atoms with Gasteiger partial charge in [0.2, 0.25) is 5.91 Å². The first-order valence-corrected chi connectivity index (χ1v) is 8.36. The zero-order valence-corrected chi connectivity index (χ0v) is 14.3. The van der Waals surface area contributed by atoms with Crippen LogP contribution in [0.25, 0.3) is 0 Å². The molecule has 1 amide bonds. The molecule has 2 aliphatic rings. The maximum Gasteiger partial charge on any atom is 0.329 e. The average Bonchev–Trinajstić information content (AvgIpc) is 3.13. The van der Waals surface area contributed by atoms with Gasteiger partial charge in [-0.3, -0.25) is 9.59 Å². The molecule has 0 aromatic heterocycles. The fourth-order valence-corrected chi connectivity index (χ4v) is 3.96. The lowest BCUT2D eigenvalue weighted by molar-refractivity contribution is -0.150. The minimum atomic E-state index is -1.75. The van der Waals surface area contributed by atoms with Crippen LogP contribution in [0.2, 0.25) is 0 Å². The monoisotopic (exact) mass is 366 g/mol. The molecule has 24 heavy (non-hydrogen) atoms. The van der Waals surface area contributed by atoms with E-state index >= 15 is 0 Å². The summed E-state index contributed by atoms with van der Waals surface area (Å²) in [6, 6.07) is -0.859. The Hall–Kier alpha value is -1.40. The van der Waals surface area contributed by atoms with Crippen LogP contribution < -0.4 is 23.4 Å². The fourth-order valence-electron chi connectivity index (χ4n) is 3.47. The molecular formula is C13H26N4O6S. The van der Waals surface area contributed by atoms with Gasteiger partial charge in [0.05, 0.1) is 18.1 Å². The van der Waals surface area contributed by atoms with Crippen LogP contribution in [0.3, 0.4) is 0 Å². The standard InChI is InChI=1S/C13H20N2O6S.2H3N/c1-22-3-2-5(14)10(17)15-13(12(20)21)4-6(16)7-8(9(7)13)11(18)19;;/h5-9,16H,2-4,14H2,1H3,(H,15,17)(H,18,19)(H,20,21);2*1H3/t5-,6-,7-,8-,9-,13-;;/m0../s1. The third-order valence-electron chi connectivity index (χ3n) is 4.60. The van der Waals surface area contributed by atoms with Crippen molar-refractivity contribution in [1.82, 2.24) is 17.6 Å². The van der Waals surface area contributed by atoms with Crippen LogP contribution in [0.15, 0.2) is 0 Å². The van der Waals surface area contributed by atoms with Crippen LogP contribution in [0.5, 0.6) is 0 Å². The van der Waals surface area contributed by atoms with Gasteiger partial charge in [-0.05, 0) is 18.4 Å². The quantitative estimate of drug-likeness (QED) is 0.292. The number of carboxylic acids is 2. The van der Waals surface area contributed by atoms with Crippen molar-refractivity contribution in [2.75, 3.05) is 12.0 Å². The lowest BCUT2D eigenvalue weighted by Crippen LogP contribution is -2.60. The largest absolute Gasteiger partial charge is 0.481 e. The molecule has 0 heterocycles. The molecule has 0 aromatic carbocycles. The first-order valence-electron chi connectivity index (χ1n) is 6.97. The first-order chi connectivity index (χ1) is 10.3. The summed E-state index contributed by atoms with van der Waals surface area (Å²) in [5.74, 6) is -4.82. The maximum absolute atomic E-state index is 12.1. The highest BCUT2D eigenvalue weighted by Gasteiger charge is 2.75. The molecule has 2 rings (SSSR count). The van der Waals surface area contributed by atoms with Gasteiger partial charge in [0.15, 0.2) is 0 Å². The molecule has 2 saturated carbocycles. The maximum atomic E-state index is 12.1. The highest BCUT2D eigenvalue weighted by atomic mass is 32.2. The molecule has 11 heteroatoms. The number of nitrogens with two attached hydrogens (primary N) is 1. The molecule has 0 unspecified atom stereocenters. The van der Waals surface area contributed by atoms with Gasteiger partial charge in [-0.2, -0.15) is 11.8 Å². The molecule has 0 aromatic rings. The van der Waals surface area contributed by atoms with Gasteiger partial charge in [-0.15, -0.1) is 0 Å². The Labute approximate surface area is 143 Å². The van der Waals surface area contributed by atoms with E-state index in [2.05, 4.69) is 5.32 Å². The minimum absolute atomic E-state index is 0. The predicted octanol–water partition coefficient (Wildman–Crippen LogP) is -0.958. The van der Waals surface area contributed by atoms with E-state index in [4.69, 9.17) is 10.8 Å². The number of aliphatic carboxylic acids is 2. The lowest BCUT2D eigenvalue weighted by atomic mass is 9.89. The summed E-state index contributed by atoms with van der Waals surface area (Å²) in [5.41, 5.74) is 3.98. The first kappa shape index (κ1) is 22.6. The van der Waals surface area contributed by atoms with Crippen molar-refractivity contribution in [3.8, 4) is 0 Å². The summed E-state index contributed by atoms with van der Waals surface area (Å²) in [6.45, 7) is 0. The highest BCUT2D eigenvalue weighted by molar-refractivity contribution is 7.98. The number of aliphatic hydroxyl groups is 1. The molecular weight excluding hydrogens is 340 g/mol. The van der Waals surface area contributed by atoms with Crippen LogP contribution in [0.1, 0.15) is 12.8 Å². The van der Waals surface area contributed by atoms with Crippen molar-refractivity contribution in [1.29, 1.82) is 0 Å². The normalized spacial score (nSPS) is 34.1. The van der Waals surface area contributed by atoms with E-state index in [1.807, 2.05) is 6.26 Å². The number of fused-ring (bicyclic) bond motifs is 1. The third-order valence-corrected chi connectivity index (χ3v) is 5.25. The van der Waals surface area contributed by atoms with Crippen LogP contribution in [-0.2, 0) is 14.4 Å². The summed E-state index contributed by atoms with van der Waals surface area (Å²) >= 11 is 1.51. The topological polar surface area (TPSA) is 220 Å². The number of amides is 1. The van der Waals surface area contributed by atoms with Crippen molar-refractivity contribution < 1.29 is 29.7 Å². The number of aliphatic hydroxyl groups excluding tert-OH is 1. The van der Waals surface area contributed by atoms with Crippen LogP contribution >= 0.6 is 11.8 Å². The van der Waals surface area contributed by atoms with Crippen molar-refractivity contribution >= 4 is 29.6 Å². The predicted molar refractivity (Wildman–Crippen MR) is 88.3 cm³/mol. The fraction of sp³-hybridized carbons (Fsp3) is 0.769. The molecule has 0 aliphatic heterocycles. The Morgan fingerprint density at radius 1 is 1.33 bits per heavy atom. The second-order valence-electron chi connectivity index (χ2n) is 5.89. The minimum Gasteiger partial charge on any atom is -0.481 e. The van der Waals surface area contributed by atoms with Crippen molar-refractivity contribution in [2.24, 2.45) is 23.5 Å². The van der Waals surface area contributed by atoms with Crippen molar-refractivity contribution in [3.05, 3.63) is 0 Å². The van der Waals surface area contributed by atoms with E-state index in [-0.39, 0.29) is 18.7 Å². The molecule has 6 atom stereocenters. The van der Waals surface area contributed by atoms with Crippen LogP contribution in [0.4, 0.5) is 0 Å². The number of carbonyl (C=O) groups excluding carboxylic acids is 1. The summed E-state index contributed by atoms with van der Waals surface area (Å²) in [4.78, 5) is 35.0. The molecule has 0 bridgehead atoms. The molecule has 0 radical (unpaired) electrons. The van der Waals surface area contributed by atoms with Gasteiger partial charge in [-0.25, -0.2) is 4.79 Å². The van der Waals surface area contributed by atoms with Crippen LogP contribution in [0, 0.1) is 17.8 Å². The number of nitrogens with one attached hydrogen (secondary N) is 1. The molecule has 140 valence electrons. The molecule has 2 aliphatic carbocycles. The molecule has 0 saturated heterocycles. The summed E-state index contributed by atoms with van der Waals surface area (Å²) in [7, 11) is 0. The smallest absolute Gasteiger partial charge is 0.329 e. The SMILES string of the molecule is CSCC[C@H](N)C(=O)N[C@@]1(C(=O)O)C[C@H](O)[C@H]2[C@H](C(=O)O)[C@H]21.N.N. The Kier molecular flexibility index (Phi) is 7.65. The van der Waals surface area contributed by atoms with E-state index in [1.165, 1.54) is 11.8 Å². The zero-order chi connectivity index (χ0) is 16.7. The Bertz CT molecular complexity index is 507. The zero-order valence-electron chi connectivity index (χ0n) is 13.5. The number of hydrogen-bond donors (Lipinski definition) is 7. The van der Waals surface area contributed by atoms with E-state index < -0.39 is 53.3 Å². The lowest BCUT2D eigenvalue weighted by Gasteiger charge is -2.30. The van der Waals surface area contributed by atoms with Gasteiger partial charge in [0.25, 0.3) is 0 Å². The van der Waals surface area contributed by atoms with Gasteiger partial charge in [-0.1, -0.05) is 0 Å². The van der Waals surface area contributed by atoms with E-state index in [0.29, 0.717) is 12.2 Å². The second kappa shape index (κ2) is 8.12. The molecule has 12 N–H and O–H groups in total. The van der Waals surface area contributed by atoms with Gasteiger partial charge in [0.1, 0.15) is 5.54 Å². The average molecular weight is 366 g/mol. The molecule has 10 nitrogen and oxygen atoms in total. The molecule has 2 fully saturated rings. The number of rotatable bonds is 7. The van der Waals surface area contributed by atoms with Crippen LogP contribution in [-0.4, -0.2) is 62.9 Å². The number of carbonyl (C=O) groups is 3. The summed E-state index contributed by atoms with van der Waals surface area (Å²) in [6.07, 6.45) is 1.01. The summed E-state index contributed by atoms with van der Waals surface area (Å²) < 4.78 is 0. The number of hydrogen-bond acceptors (Lipinski definition) is 8. The molecule has 0 spiro atoms. The van der Waals surface area contributed by atoms with Crippen molar-refractivity contribution in [2.45, 2.75) is 30.5 Å². The Morgan fingerprint density at radius 2 is 1.92 bits per heavy atom. The Balaban J connectivity index is 0.00000264. The number of thioether (sulfide) groups is 1. The van der Waals surface area contributed by atoms with E-state index in [1.54, 1.807) is 0 Å². The Morgan fingerprint density at radius 3 is 2.33 bits per heavy atom. The van der Waals surface area contributed by atoms with Gasteiger partial charge >= 0.3 is 11.9 Å². The number of carboxylic acid groups (broad SMARTS) is 2. The summed E-state index contributed by atoms with van der Waals surface area (Å²) in [5, 5.41) is 31.0. The van der Waals surface area contributed by atoms with Gasteiger partial charge in [0, 0.05) is 18.3 Å². The van der Waals surface area contributed by atoms with E-state index in [0.717, 1.165) is 0 Å². The van der Waals surface area contributed by atoms with E-state index in [9.17, 15) is 24.6 Å².